The lowest BCUT2D eigenvalue weighted by atomic mass is 9.75. The Morgan fingerprint density at radius 1 is 0.973 bits per heavy atom. The van der Waals surface area contributed by atoms with Gasteiger partial charge < -0.3 is 0 Å². The van der Waals surface area contributed by atoms with E-state index in [1.165, 1.54) is 16.8 Å². The molecule has 0 amide bonds. The molecule has 1 aliphatic rings. The SMILES string of the molecule is Cc1ccc2cc([C@H]3CC[C@H](c4c(C)cccc4F)CC3)c(=O)n(Cc3nccnc3C(F)(F)F)c2n1. The van der Waals surface area contributed by atoms with E-state index in [0.717, 1.165) is 30.2 Å². The first-order valence-electron chi connectivity index (χ1n) is 12.3. The molecule has 0 radical (unpaired) electrons. The molecule has 0 bridgehead atoms. The standard InChI is InChI=1S/C28H26F4N4O/c1-16-4-3-5-22(29)24(16)19-10-8-18(9-11-19)21-14-20-7-6-17(2)35-26(20)36(27(21)37)15-23-25(28(30,31)32)34-13-12-33-23/h3-7,12-14,18-19H,8-11,15H2,1-2H3/t18-,19-. The van der Waals surface area contributed by atoms with Gasteiger partial charge in [0, 0.05) is 29.0 Å². The lowest BCUT2D eigenvalue weighted by Crippen LogP contribution is -2.29. The molecule has 1 aliphatic carbocycles. The quantitative estimate of drug-likeness (QED) is 0.296. The summed E-state index contributed by atoms with van der Waals surface area (Å²) in [6, 6.07) is 10.5. The number of pyridine rings is 2. The van der Waals surface area contributed by atoms with Gasteiger partial charge in [-0.3, -0.25) is 14.3 Å². The maximum atomic E-state index is 14.6. The highest BCUT2D eigenvalue weighted by molar-refractivity contribution is 5.76. The third-order valence-corrected chi connectivity index (χ3v) is 7.30. The molecule has 3 heterocycles. The fourth-order valence-corrected chi connectivity index (χ4v) is 5.53. The summed E-state index contributed by atoms with van der Waals surface area (Å²) in [6.07, 6.45) is 0.271. The smallest absolute Gasteiger partial charge is 0.286 e. The topological polar surface area (TPSA) is 60.7 Å². The number of benzene rings is 1. The van der Waals surface area contributed by atoms with E-state index in [4.69, 9.17) is 0 Å². The van der Waals surface area contributed by atoms with Gasteiger partial charge in [-0.15, -0.1) is 0 Å². The van der Waals surface area contributed by atoms with Crippen molar-refractivity contribution in [2.45, 2.75) is 64.1 Å². The van der Waals surface area contributed by atoms with Crippen molar-refractivity contribution in [3.63, 3.8) is 0 Å². The van der Waals surface area contributed by atoms with Gasteiger partial charge in [-0.05, 0) is 86.8 Å². The number of aryl methyl sites for hydroxylation is 2. The number of aromatic nitrogens is 4. The van der Waals surface area contributed by atoms with Crippen LogP contribution >= 0.6 is 0 Å². The van der Waals surface area contributed by atoms with Gasteiger partial charge in [0.25, 0.3) is 5.56 Å². The van der Waals surface area contributed by atoms with Crippen LogP contribution < -0.4 is 5.56 Å². The molecule has 0 atom stereocenters. The van der Waals surface area contributed by atoms with Crippen molar-refractivity contribution in [1.29, 1.82) is 0 Å². The van der Waals surface area contributed by atoms with E-state index in [0.29, 0.717) is 35.1 Å². The Bertz CT molecular complexity index is 1500. The van der Waals surface area contributed by atoms with Gasteiger partial charge in [-0.1, -0.05) is 12.1 Å². The molecule has 1 saturated carbocycles. The van der Waals surface area contributed by atoms with Crippen LogP contribution in [-0.2, 0) is 12.7 Å². The Labute approximate surface area is 211 Å². The number of halogens is 4. The van der Waals surface area contributed by atoms with Crippen molar-refractivity contribution in [3.05, 3.63) is 98.7 Å². The summed E-state index contributed by atoms with van der Waals surface area (Å²) >= 11 is 0. The van der Waals surface area contributed by atoms with Crippen molar-refractivity contribution >= 4 is 11.0 Å². The summed E-state index contributed by atoms with van der Waals surface area (Å²) in [4.78, 5) is 25.6. The predicted octanol–water partition coefficient (Wildman–Crippen LogP) is 6.45. The van der Waals surface area contributed by atoms with Gasteiger partial charge in [-0.25, -0.2) is 14.4 Å². The number of rotatable bonds is 4. The van der Waals surface area contributed by atoms with Crippen LogP contribution in [0.25, 0.3) is 11.0 Å². The molecule has 1 aromatic carbocycles. The minimum Gasteiger partial charge on any atom is -0.286 e. The first-order valence-corrected chi connectivity index (χ1v) is 12.3. The Balaban J connectivity index is 1.53. The van der Waals surface area contributed by atoms with Crippen LogP contribution in [0.4, 0.5) is 17.6 Å². The minimum atomic E-state index is -4.70. The molecule has 0 spiro atoms. The van der Waals surface area contributed by atoms with Crippen LogP contribution in [0.15, 0.2) is 53.6 Å². The summed E-state index contributed by atoms with van der Waals surface area (Å²) < 4.78 is 56.6. The molecule has 0 saturated heterocycles. The molecule has 3 aromatic heterocycles. The first kappa shape index (κ1) is 25.0. The Kier molecular flexibility index (Phi) is 6.56. The largest absolute Gasteiger partial charge is 0.435 e. The van der Waals surface area contributed by atoms with E-state index in [1.54, 1.807) is 19.1 Å². The van der Waals surface area contributed by atoms with Crippen molar-refractivity contribution in [2.75, 3.05) is 0 Å². The van der Waals surface area contributed by atoms with Crippen molar-refractivity contribution in [2.24, 2.45) is 0 Å². The second-order valence-corrected chi connectivity index (χ2v) is 9.72. The van der Waals surface area contributed by atoms with Gasteiger partial charge in [-0.2, -0.15) is 13.2 Å². The van der Waals surface area contributed by atoms with Crippen molar-refractivity contribution in [3.8, 4) is 0 Å². The molecule has 0 unspecified atom stereocenters. The monoisotopic (exact) mass is 510 g/mol. The van der Waals surface area contributed by atoms with E-state index in [2.05, 4.69) is 15.0 Å². The molecule has 0 aliphatic heterocycles. The zero-order valence-corrected chi connectivity index (χ0v) is 20.5. The highest BCUT2D eigenvalue weighted by Crippen LogP contribution is 2.42. The minimum absolute atomic E-state index is 0.0679. The lowest BCUT2D eigenvalue weighted by molar-refractivity contribution is -0.142. The Morgan fingerprint density at radius 2 is 1.68 bits per heavy atom. The summed E-state index contributed by atoms with van der Waals surface area (Å²) in [5, 5.41) is 0.671. The van der Waals surface area contributed by atoms with Gasteiger partial charge in [0.05, 0.1) is 12.2 Å². The van der Waals surface area contributed by atoms with Crippen LogP contribution in [0.5, 0.6) is 0 Å². The summed E-state index contributed by atoms with van der Waals surface area (Å²) in [5.74, 6) is -0.225. The highest BCUT2D eigenvalue weighted by Gasteiger charge is 2.36. The van der Waals surface area contributed by atoms with E-state index >= 15 is 0 Å². The normalized spacial score (nSPS) is 18.3. The molecule has 5 nitrogen and oxygen atoms in total. The highest BCUT2D eigenvalue weighted by atomic mass is 19.4. The third kappa shape index (κ3) is 4.86. The summed E-state index contributed by atoms with van der Waals surface area (Å²) in [6.45, 7) is 3.27. The van der Waals surface area contributed by atoms with Crippen LogP contribution in [0, 0.1) is 19.7 Å². The second kappa shape index (κ2) is 9.68. The second-order valence-electron chi connectivity index (χ2n) is 9.72. The maximum absolute atomic E-state index is 14.6. The fraction of sp³-hybridized carbons (Fsp3) is 0.357. The number of hydrogen-bond acceptors (Lipinski definition) is 4. The Hall–Kier alpha value is -3.62. The maximum Gasteiger partial charge on any atom is 0.435 e. The number of nitrogens with zero attached hydrogens (tertiary/aromatic N) is 4. The molecule has 192 valence electrons. The average molecular weight is 511 g/mol. The molecule has 9 heteroatoms. The summed E-state index contributed by atoms with van der Waals surface area (Å²) in [7, 11) is 0. The van der Waals surface area contributed by atoms with E-state index in [1.807, 2.05) is 25.1 Å². The zero-order chi connectivity index (χ0) is 26.3. The van der Waals surface area contributed by atoms with Gasteiger partial charge in [0.15, 0.2) is 5.69 Å². The van der Waals surface area contributed by atoms with E-state index < -0.39 is 18.4 Å². The number of fused-ring (bicyclic) bond motifs is 1. The van der Waals surface area contributed by atoms with Crippen molar-refractivity contribution < 1.29 is 17.6 Å². The number of alkyl halides is 3. The fourth-order valence-electron chi connectivity index (χ4n) is 5.53. The molecule has 0 N–H and O–H groups in total. The predicted molar refractivity (Wildman–Crippen MR) is 132 cm³/mol. The molecule has 5 rings (SSSR count). The van der Waals surface area contributed by atoms with Crippen LogP contribution in [0.3, 0.4) is 0 Å². The lowest BCUT2D eigenvalue weighted by Gasteiger charge is -2.30. The van der Waals surface area contributed by atoms with Gasteiger partial charge >= 0.3 is 6.18 Å². The molecular weight excluding hydrogens is 484 g/mol. The van der Waals surface area contributed by atoms with Crippen molar-refractivity contribution in [1.82, 2.24) is 19.5 Å². The first-order chi connectivity index (χ1) is 17.6. The van der Waals surface area contributed by atoms with E-state index in [-0.39, 0.29) is 28.9 Å². The van der Waals surface area contributed by atoms with Crippen LogP contribution in [-0.4, -0.2) is 19.5 Å². The summed E-state index contributed by atoms with van der Waals surface area (Å²) in [5.41, 5.74) is 1.31. The third-order valence-electron chi connectivity index (χ3n) is 7.30. The molecule has 4 aromatic rings. The van der Waals surface area contributed by atoms with Crippen LogP contribution in [0.2, 0.25) is 0 Å². The molecule has 1 fully saturated rings. The average Bonchev–Trinajstić information content (AvgIpc) is 2.86. The molecule has 37 heavy (non-hydrogen) atoms. The van der Waals surface area contributed by atoms with E-state index in [9.17, 15) is 22.4 Å². The Morgan fingerprint density at radius 3 is 2.38 bits per heavy atom. The van der Waals surface area contributed by atoms with Gasteiger partial charge in [0.2, 0.25) is 0 Å². The zero-order valence-electron chi connectivity index (χ0n) is 20.5. The van der Waals surface area contributed by atoms with Crippen LogP contribution in [0.1, 0.15) is 71.3 Å². The molecular formula is C28H26F4N4O. The number of hydrogen-bond donors (Lipinski definition) is 0. The van der Waals surface area contributed by atoms with Gasteiger partial charge in [0.1, 0.15) is 11.5 Å².